The summed E-state index contributed by atoms with van der Waals surface area (Å²) in [5.74, 6) is -0.516. The highest BCUT2D eigenvalue weighted by Gasteiger charge is 2.29. The third kappa shape index (κ3) is 4.52. The Kier molecular flexibility index (Phi) is 6.02. The van der Waals surface area contributed by atoms with E-state index in [1.54, 1.807) is 18.2 Å². The van der Waals surface area contributed by atoms with E-state index in [4.69, 9.17) is 11.6 Å². The van der Waals surface area contributed by atoms with E-state index >= 15 is 0 Å². The van der Waals surface area contributed by atoms with Gasteiger partial charge in [-0.1, -0.05) is 17.7 Å². The minimum absolute atomic E-state index is 0.0245. The molecule has 0 amide bonds. The Labute approximate surface area is 191 Å². The highest BCUT2D eigenvalue weighted by atomic mass is 35.5. The normalized spacial score (nSPS) is 14.7. The van der Waals surface area contributed by atoms with E-state index < -0.39 is 25.9 Å². The van der Waals surface area contributed by atoms with Crippen molar-refractivity contribution in [3.05, 3.63) is 88.2 Å². The zero-order valence-electron chi connectivity index (χ0n) is 17.0. The molecular weight excluding hydrogens is 475 g/mol. The molecule has 1 aliphatic heterocycles. The molecule has 6 nitrogen and oxygen atoms in total. The molecule has 3 aromatic carbocycles. The van der Waals surface area contributed by atoms with Crippen molar-refractivity contribution in [1.82, 2.24) is 4.31 Å². The fourth-order valence-electron chi connectivity index (χ4n) is 3.68. The summed E-state index contributed by atoms with van der Waals surface area (Å²) in [7, 11) is -7.66. The second kappa shape index (κ2) is 8.47. The number of anilines is 1. The Morgan fingerprint density at radius 2 is 1.66 bits per heavy atom. The number of hydrogen-bond acceptors (Lipinski definition) is 4. The van der Waals surface area contributed by atoms with Crippen LogP contribution in [0.2, 0.25) is 5.02 Å². The van der Waals surface area contributed by atoms with E-state index in [1.807, 2.05) is 0 Å². The number of rotatable bonds is 5. The van der Waals surface area contributed by atoms with Crippen LogP contribution in [0.5, 0.6) is 0 Å². The van der Waals surface area contributed by atoms with Crippen LogP contribution in [0.25, 0.3) is 0 Å². The van der Waals surface area contributed by atoms with Crippen molar-refractivity contribution in [2.75, 3.05) is 11.3 Å². The lowest BCUT2D eigenvalue weighted by Crippen LogP contribution is -2.36. The van der Waals surface area contributed by atoms with E-state index in [-0.39, 0.29) is 21.9 Å². The second-order valence-electron chi connectivity index (χ2n) is 7.54. The fourth-order valence-corrected chi connectivity index (χ4v) is 6.50. The Bertz CT molecular complexity index is 1390. The maximum Gasteiger partial charge on any atom is 0.262 e. The number of halogens is 2. The number of fused-ring (bicyclic) bond motifs is 1. The van der Waals surface area contributed by atoms with Gasteiger partial charge in [-0.15, -0.1) is 0 Å². The minimum atomic E-state index is -3.94. The second-order valence-corrected chi connectivity index (χ2v) is 11.6. The summed E-state index contributed by atoms with van der Waals surface area (Å²) in [6, 6.07) is 14.5. The average molecular weight is 495 g/mol. The third-order valence-corrected chi connectivity index (χ3v) is 8.97. The molecule has 1 N–H and O–H groups in total. The molecule has 0 saturated heterocycles. The minimum Gasteiger partial charge on any atom is -0.280 e. The number of nitrogens with one attached hydrogen (secondary N) is 1. The van der Waals surface area contributed by atoms with Crippen molar-refractivity contribution in [1.29, 1.82) is 0 Å². The van der Waals surface area contributed by atoms with Crippen molar-refractivity contribution in [2.45, 2.75) is 29.7 Å². The predicted molar refractivity (Wildman–Crippen MR) is 121 cm³/mol. The Balaban J connectivity index is 1.60. The molecule has 1 heterocycles. The van der Waals surface area contributed by atoms with Crippen LogP contribution in [0.4, 0.5) is 10.1 Å². The van der Waals surface area contributed by atoms with Gasteiger partial charge in [0.2, 0.25) is 10.0 Å². The molecule has 0 aromatic heterocycles. The summed E-state index contributed by atoms with van der Waals surface area (Å²) in [4.78, 5) is 0.123. The fraction of sp³-hybridized carbons (Fsp3) is 0.182. The summed E-state index contributed by atoms with van der Waals surface area (Å²) < 4.78 is 68.8. The third-order valence-electron chi connectivity index (χ3n) is 5.31. The number of aryl methyl sites for hydroxylation is 1. The molecule has 0 aliphatic carbocycles. The van der Waals surface area contributed by atoms with E-state index in [0.717, 1.165) is 17.7 Å². The Morgan fingerprint density at radius 3 is 2.34 bits per heavy atom. The molecule has 0 atom stereocenters. The van der Waals surface area contributed by atoms with Crippen LogP contribution in [-0.2, 0) is 33.0 Å². The van der Waals surface area contributed by atoms with Gasteiger partial charge in [-0.25, -0.2) is 21.2 Å². The summed E-state index contributed by atoms with van der Waals surface area (Å²) >= 11 is 5.86. The van der Waals surface area contributed by atoms with Gasteiger partial charge in [0.15, 0.2) is 0 Å². The van der Waals surface area contributed by atoms with Gasteiger partial charge in [0.25, 0.3) is 10.0 Å². The number of nitrogens with zero attached hydrogens (tertiary/aromatic N) is 1. The molecule has 3 aromatic rings. The largest absolute Gasteiger partial charge is 0.280 e. The van der Waals surface area contributed by atoms with Crippen molar-refractivity contribution >= 4 is 37.3 Å². The van der Waals surface area contributed by atoms with Crippen molar-refractivity contribution in [3.8, 4) is 0 Å². The summed E-state index contributed by atoms with van der Waals surface area (Å²) in [6.07, 6.45) is 0.506. The number of benzene rings is 3. The van der Waals surface area contributed by atoms with Gasteiger partial charge in [-0.3, -0.25) is 4.72 Å². The lowest BCUT2D eigenvalue weighted by atomic mass is 10.0. The zero-order valence-corrected chi connectivity index (χ0v) is 19.4. The highest BCUT2D eigenvalue weighted by molar-refractivity contribution is 7.92. The molecule has 0 radical (unpaired) electrons. The van der Waals surface area contributed by atoms with Gasteiger partial charge in [-0.2, -0.15) is 4.31 Å². The summed E-state index contributed by atoms with van der Waals surface area (Å²) in [6.45, 7) is 1.95. The van der Waals surface area contributed by atoms with E-state index in [9.17, 15) is 21.2 Å². The predicted octanol–water partition coefficient (Wildman–Crippen LogP) is 4.34. The first kappa shape index (κ1) is 22.7. The lowest BCUT2D eigenvalue weighted by molar-refractivity contribution is 0.391. The molecular formula is C22H20ClFN2O4S2. The van der Waals surface area contributed by atoms with Crippen LogP contribution in [0.15, 0.2) is 70.5 Å². The first-order valence-corrected chi connectivity index (χ1v) is 13.0. The van der Waals surface area contributed by atoms with Crippen LogP contribution in [0.3, 0.4) is 0 Å². The van der Waals surface area contributed by atoms with E-state index in [1.165, 1.54) is 41.6 Å². The average Bonchev–Trinajstić information content (AvgIpc) is 2.73. The van der Waals surface area contributed by atoms with Crippen LogP contribution < -0.4 is 4.72 Å². The van der Waals surface area contributed by atoms with Gasteiger partial charge in [0.1, 0.15) is 5.82 Å². The molecule has 0 unspecified atom stereocenters. The first-order valence-electron chi connectivity index (χ1n) is 9.73. The molecule has 32 heavy (non-hydrogen) atoms. The smallest absolute Gasteiger partial charge is 0.262 e. The van der Waals surface area contributed by atoms with Gasteiger partial charge < -0.3 is 0 Å². The summed E-state index contributed by atoms with van der Waals surface area (Å²) in [5, 5.41) is 0.446. The van der Waals surface area contributed by atoms with Crippen LogP contribution in [0, 0.1) is 12.7 Å². The van der Waals surface area contributed by atoms with E-state index in [0.29, 0.717) is 29.2 Å². The number of hydrogen-bond donors (Lipinski definition) is 1. The lowest BCUT2D eigenvalue weighted by Gasteiger charge is -2.28. The standard InChI is InChI=1S/C22H20ClFN2O4S2/c1-15-12-19(24)5-9-22(15)31(27,28)25-20-6-2-16-10-11-26(14-17(16)13-20)32(29,30)21-7-3-18(23)4-8-21/h2-9,12-13,25H,10-11,14H2,1H3. The maximum atomic E-state index is 13.4. The van der Waals surface area contributed by atoms with E-state index in [2.05, 4.69) is 4.72 Å². The van der Waals surface area contributed by atoms with Crippen molar-refractivity contribution in [3.63, 3.8) is 0 Å². The first-order chi connectivity index (χ1) is 15.1. The molecule has 10 heteroatoms. The summed E-state index contributed by atoms with van der Waals surface area (Å²) in [5.41, 5.74) is 2.26. The van der Waals surface area contributed by atoms with Gasteiger partial charge in [-0.05, 0) is 84.6 Å². The Hall–Kier alpha value is -2.46. The topological polar surface area (TPSA) is 83.6 Å². The van der Waals surface area contributed by atoms with Gasteiger partial charge in [0, 0.05) is 23.8 Å². The molecule has 0 spiro atoms. The molecule has 4 rings (SSSR count). The van der Waals surface area contributed by atoms with Crippen LogP contribution in [0.1, 0.15) is 16.7 Å². The molecule has 0 fully saturated rings. The SMILES string of the molecule is Cc1cc(F)ccc1S(=O)(=O)Nc1ccc2c(c1)CN(S(=O)(=O)c1ccc(Cl)cc1)CC2. The van der Waals surface area contributed by atoms with Gasteiger partial charge >= 0.3 is 0 Å². The molecule has 0 bridgehead atoms. The van der Waals surface area contributed by atoms with Gasteiger partial charge in [0.05, 0.1) is 9.79 Å². The molecule has 168 valence electrons. The maximum absolute atomic E-state index is 13.4. The molecule has 0 saturated carbocycles. The van der Waals surface area contributed by atoms with Crippen LogP contribution in [-0.4, -0.2) is 27.7 Å². The monoisotopic (exact) mass is 494 g/mol. The number of sulfonamides is 2. The zero-order chi connectivity index (χ0) is 23.1. The Morgan fingerprint density at radius 1 is 0.938 bits per heavy atom. The van der Waals surface area contributed by atoms with Crippen LogP contribution >= 0.6 is 11.6 Å². The quantitative estimate of drug-likeness (QED) is 0.572. The van der Waals surface area contributed by atoms with Crippen molar-refractivity contribution in [2.24, 2.45) is 0 Å². The highest BCUT2D eigenvalue weighted by Crippen LogP contribution is 2.29. The van der Waals surface area contributed by atoms with Crippen molar-refractivity contribution < 1.29 is 21.2 Å². The molecule has 1 aliphatic rings.